The molecule has 0 radical (unpaired) electrons. The molecule has 0 bridgehead atoms. The summed E-state index contributed by atoms with van der Waals surface area (Å²) in [5.74, 6) is -0.395. The number of nitrogens with zero attached hydrogens (tertiary/aromatic N) is 4. The van der Waals surface area contributed by atoms with Crippen LogP contribution in [0.4, 0.5) is 17.2 Å². The number of nitro groups is 1. The van der Waals surface area contributed by atoms with Gasteiger partial charge in [0.2, 0.25) is 5.82 Å². The number of methoxy groups -OCH3 is 1. The summed E-state index contributed by atoms with van der Waals surface area (Å²) in [6.07, 6.45) is 1.31. The predicted octanol–water partition coefficient (Wildman–Crippen LogP) is 3.06. The number of anilines is 2. The van der Waals surface area contributed by atoms with Crippen LogP contribution in [0.2, 0.25) is 5.02 Å². The van der Waals surface area contributed by atoms with Gasteiger partial charge in [-0.05, 0) is 24.6 Å². The normalized spacial score (nSPS) is 14.2. The summed E-state index contributed by atoms with van der Waals surface area (Å²) in [6, 6.07) is 6.97. The van der Waals surface area contributed by atoms with Gasteiger partial charge in [-0.15, -0.1) is 0 Å². The van der Waals surface area contributed by atoms with Gasteiger partial charge in [-0.3, -0.25) is 10.1 Å². The number of carbonyl (C=O) groups is 1. The van der Waals surface area contributed by atoms with E-state index in [1.54, 1.807) is 0 Å². The molecule has 0 aliphatic carbocycles. The molecule has 0 amide bonds. The van der Waals surface area contributed by atoms with Gasteiger partial charge in [0.15, 0.2) is 0 Å². The largest absolute Gasteiger partial charge is 0.465 e. The highest BCUT2D eigenvalue weighted by molar-refractivity contribution is 6.30. The van der Waals surface area contributed by atoms with Crippen molar-refractivity contribution in [1.29, 1.82) is 0 Å². The van der Waals surface area contributed by atoms with E-state index in [0.717, 1.165) is 11.3 Å². The maximum absolute atomic E-state index is 11.6. The third kappa shape index (κ3) is 3.95. The van der Waals surface area contributed by atoms with Crippen molar-refractivity contribution in [2.24, 2.45) is 0 Å². The summed E-state index contributed by atoms with van der Waals surface area (Å²) in [5.41, 5.74) is 2.04. The van der Waals surface area contributed by atoms with Crippen molar-refractivity contribution in [3.8, 4) is 0 Å². The molecule has 1 aliphatic rings. The first-order valence-corrected chi connectivity index (χ1v) is 8.77. The molecule has 0 atom stereocenters. The van der Waals surface area contributed by atoms with Crippen LogP contribution in [0.1, 0.15) is 15.9 Å². The highest BCUT2D eigenvalue weighted by atomic mass is 35.5. The van der Waals surface area contributed by atoms with Crippen LogP contribution in [0.3, 0.4) is 0 Å². The number of piperazine rings is 1. The minimum Gasteiger partial charge on any atom is -0.465 e. The maximum atomic E-state index is 11.6. The van der Waals surface area contributed by atoms with Gasteiger partial charge in [-0.25, -0.2) is 9.78 Å². The zero-order chi connectivity index (χ0) is 19.6. The molecule has 1 aliphatic heterocycles. The average Bonchev–Trinajstić information content (AvgIpc) is 2.69. The number of esters is 1. The second kappa shape index (κ2) is 7.79. The minimum atomic E-state index is -0.654. The van der Waals surface area contributed by atoms with E-state index in [9.17, 15) is 14.9 Å². The number of aryl methyl sites for hydroxylation is 1. The van der Waals surface area contributed by atoms with Crippen LogP contribution in [0.15, 0.2) is 30.5 Å². The lowest BCUT2D eigenvalue weighted by atomic mass is 10.1. The van der Waals surface area contributed by atoms with Gasteiger partial charge < -0.3 is 14.5 Å². The van der Waals surface area contributed by atoms with E-state index < -0.39 is 10.9 Å². The number of ether oxygens (including phenoxy) is 1. The van der Waals surface area contributed by atoms with E-state index in [0.29, 0.717) is 31.2 Å². The SMILES string of the molecule is COC(=O)c1cnc(N2CCN(c3cc(Cl)ccc3C)CC2)c([N+](=O)[O-])c1. The number of halogens is 1. The number of rotatable bonds is 4. The summed E-state index contributed by atoms with van der Waals surface area (Å²) in [7, 11) is 1.22. The summed E-state index contributed by atoms with van der Waals surface area (Å²) < 4.78 is 4.61. The van der Waals surface area contributed by atoms with E-state index in [4.69, 9.17) is 11.6 Å². The number of carbonyl (C=O) groups excluding carboxylic acids is 1. The number of aromatic nitrogens is 1. The van der Waals surface area contributed by atoms with E-state index in [-0.39, 0.29) is 17.1 Å². The molecule has 0 unspecified atom stereocenters. The molecule has 1 aromatic heterocycles. The zero-order valence-corrected chi connectivity index (χ0v) is 15.8. The Hall–Kier alpha value is -2.87. The second-order valence-electron chi connectivity index (χ2n) is 6.22. The monoisotopic (exact) mass is 390 g/mol. The Balaban J connectivity index is 1.80. The standard InChI is InChI=1S/C18H19ClN4O4/c1-12-3-4-14(19)10-15(12)21-5-7-22(8-6-21)17-16(23(25)26)9-13(11-20-17)18(24)27-2/h3-4,9-11H,5-8H2,1-2H3. The van der Waals surface area contributed by atoms with Crippen LogP contribution in [0.5, 0.6) is 0 Å². The van der Waals surface area contributed by atoms with E-state index in [1.807, 2.05) is 30.0 Å². The Labute approximate surface area is 161 Å². The first-order chi connectivity index (χ1) is 12.9. The van der Waals surface area contributed by atoms with Crippen molar-refractivity contribution in [1.82, 2.24) is 4.98 Å². The molecular formula is C18H19ClN4O4. The number of pyridine rings is 1. The maximum Gasteiger partial charge on any atom is 0.339 e. The summed E-state index contributed by atoms with van der Waals surface area (Å²) in [4.78, 5) is 30.8. The Bertz CT molecular complexity index is 882. The third-order valence-electron chi connectivity index (χ3n) is 4.56. The summed E-state index contributed by atoms with van der Waals surface area (Å²) >= 11 is 6.11. The van der Waals surface area contributed by atoms with Crippen molar-refractivity contribution in [2.75, 3.05) is 43.1 Å². The predicted molar refractivity (Wildman–Crippen MR) is 103 cm³/mol. The number of hydrogen-bond acceptors (Lipinski definition) is 7. The molecule has 2 heterocycles. The fourth-order valence-electron chi connectivity index (χ4n) is 3.14. The Morgan fingerprint density at radius 1 is 1.22 bits per heavy atom. The van der Waals surface area contributed by atoms with Crippen molar-refractivity contribution in [3.63, 3.8) is 0 Å². The summed E-state index contributed by atoms with van der Waals surface area (Å²) in [6.45, 7) is 4.52. The molecule has 0 spiro atoms. The molecule has 8 nitrogen and oxygen atoms in total. The molecular weight excluding hydrogens is 372 g/mol. The molecule has 1 aromatic carbocycles. The molecule has 9 heteroatoms. The van der Waals surface area contributed by atoms with Crippen molar-refractivity contribution in [3.05, 3.63) is 56.7 Å². The molecule has 0 saturated carbocycles. The zero-order valence-electron chi connectivity index (χ0n) is 15.0. The number of benzene rings is 1. The van der Waals surface area contributed by atoms with Crippen LogP contribution >= 0.6 is 11.6 Å². The lowest BCUT2D eigenvalue weighted by Gasteiger charge is -2.37. The molecule has 3 rings (SSSR count). The quantitative estimate of drug-likeness (QED) is 0.450. The van der Waals surface area contributed by atoms with Crippen LogP contribution < -0.4 is 9.80 Å². The van der Waals surface area contributed by atoms with Gasteiger partial charge in [0.1, 0.15) is 0 Å². The summed E-state index contributed by atoms with van der Waals surface area (Å²) in [5, 5.41) is 12.1. The van der Waals surface area contributed by atoms with Crippen molar-refractivity contribution in [2.45, 2.75) is 6.92 Å². The van der Waals surface area contributed by atoms with Crippen LogP contribution in [-0.2, 0) is 4.74 Å². The Morgan fingerprint density at radius 3 is 2.52 bits per heavy atom. The first-order valence-electron chi connectivity index (χ1n) is 8.39. The smallest absolute Gasteiger partial charge is 0.339 e. The lowest BCUT2D eigenvalue weighted by molar-refractivity contribution is -0.384. The van der Waals surface area contributed by atoms with Crippen molar-refractivity contribution >= 4 is 34.8 Å². The molecule has 2 aromatic rings. The Morgan fingerprint density at radius 2 is 1.89 bits per heavy atom. The highest BCUT2D eigenvalue weighted by Crippen LogP contribution is 2.30. The third-order valence-corrected chi connectivity index (χ3v) is 4.79. The van der Waals surface area contributed by atoms with Crippen LogP contribution in [-0.4, -0.2) is 49.2 Å². The lowest BCUT2D eigenvalue weighted by Crippen LogP contribution is -2.47. The van der Waals surface area contributed by atoms with Gasteiger partial charge in [0.25, 0.3) is 0 Å². The molecule has 1 fully saturated rings. The number of hydrogen-bond donors (Lipinski definition) is 0. The van der Waals surface area contributed by atoms with Crippen LogP contribution in [0, 0.1) is 17.0 Å². The minimum absolute atomic E-state index is 0.0566. The molecule has 1 saturated heterocycles. The average molecular weight is 391 g/mol. The van der Waals surface area contributed by atoms with E-state index >= 15 is 0 Å². The van der Waals surface area contributed by atoms with Gasteiger partial charge in [-0.1, -0.05) is 17.7 Å². The fourth-order valence-corrected chi connectivity index (χ4v) is 3.30. The van der Waals surface area contributed by atoms with Crippen LogP contribution in [0.25, 0.3) is 0 Å². The first kappa shape index (κ1) is 18.9. The van der Waals surface area contributed by atoms with E-state index in [1.165, 1.54) is 19.4 Å². The van der Waals surface area contributed by atoms with E-state index in [2.05, 4.69) is 14.6 Å². The van der Waals surface area contributed by atoms with Gasteiger partial charge in [-0.2, -0.15) is 0 Å². The molecule has 27 heavy (non-hydrogen) atoms. The fraction of sp³-hybridized carbons (Fsp3) is 0.333. The van der Waals surface area contributed by atoms with Gasteiger partial charge in [0.05, 0.1) is 17.6 Å². The van der Waals surface area contributed by atoms with Gasteiger partial charge >= 0.3 is 11.7 Å². The topological polar surface area (TPSA) is 88.8 Å². The molecule has 0 N–H and O–H groups in total. The van der Waals surface area contributed by atoms with Gasteiger partial charge in [0, 0.05) is 49.2 Å². The molecule has 142 valence electrons. The van der Waals surface area contributed by atoms with Crippen molar-refractivity contribution < 1.29 is 14.5 Å². The Kier molecular flexibility index (Phi) is 5.46. The highest BCUT2D eigenvalue weighted by Gasteiger charge is 2.27. The second-order valence-corrected chi connectivity index (χ2v) is 6.66.